The van der Waals surface area contributed by atoms with Gasteiger partial charge in [0.2, 0.25) is 0 Å². The SMILES string of the molecule is COC1C(O)C(CO)OC(OC2C(O)C(CO)OC(OC3C(C)OC(OC4C(OC5CCC6(C)C7=CC(O)C89C(=O)OC(C)(C%10CCC(C)(C)O%10)C8CCC9(C)C7CCC6C5(C)C)OCC(O)C4O)C(O)C3O)C2O)C1O. The van der Waals surface area contributed by atoms with E-state index >= 15 is 0 Å². The van der Waals surface area contributed by atoms with Gasteiger partial charge in [0.1, 0.15) is 96.5 Å². The molecule has 0 bridgehead atoms. The van der Waals surface area contributed by atoms with Crippen LogP contribution in [0.4, 0.5) is 0 Å². The fourth-order valence-corrected chi connectivity index (χ4v) is 16.7. The van der Waals surface area contributed by atoms with Crippen molar-refractivity contribution in [3.63, 3.8) is 0 Å². The highest BCUT2D eigenvalue weighted by Gasteiger charge is 2.80. The number of cyclic esters (lactones) is 1. The minimum Gasteiger partial charge on any atom is -0.456 e. The third kappa shape index (κ3) is 9.06. The summed E-state index contributed by atoms with van der Waals surface area (Å²) in [7, 11) is 1.21. The van der Waals surface area contributed by atoms with Crippen molar-refractivity contribution in [2.75, 3.05) is 26.9 Å². The van der Waals surface area contributed by atoms with Crippen molar-refractivity contribution in [3.05, 3.63) is 11.6 Å². The summed E-state index contributed by atoms with van der Waals surface area (Å²) in [5, 5.41) is 122. The molecular weight excluding hydrogens is 1020 g/mol. The van der Waals surface area contributed by atoms with Crippen LogP contribution in [0, 0.1) is 39.4 Å². The van der Waals surface area contributed by atoms with Gasteiger partial charge in [0.25, 0.3) is 0 Å². The predicted molar refractivity (Wildman–Crippen MR) is 261 cm³/mol. The van der Waals surface area contributed by atoms with Gasteiger partial charge in [-0.2, -0.15) is 0 Å². The molecule has 77 heavy (non-hydrogen) atoms. The van der Waals surface area contributed by atoms with Crippen LogP contribution in [0.25, 0.3) is 0 Å². The molecular formula is C54H86O23. The van der Waals surface area contributed by atoms with Crippen molar-refractivity contribution in [1.29, 1.82) is 0 Å². The van der Waals surface area contributed by atoms with Gasteiger partial charge in [0.15, 0.2) is 25.2 Å². The molecule has 0 amide bonds. The topological polar surface area (TPSA) is 341 Å². The predicted octanol–water partition coefficient (Wildman–Crippen LogP) is -1.21. The Morgan fingerprint density at radius 3 is 1.84 bits per heavy atom. The van der Waals surface area contributed by atoms with Crippen LogP contribution >= 0.6 is 0 Å². The molecule has 29 unspecified atom stereocenters. The largest absolute Gasteiger partial charge is 0.456 e. The summed E-state index contributed by atoms with van der Waals surface area (Å²) < 4.78 is 66.5. The molecule has 6 heterocycles. The smallest absolute Gasteiger partial charge is 0.316 e. The van der Waals surface area contributed by atoms with E-state index < -0.39 is 164 Å². The van der Waals surface area contributed by atoms with Crippen LogP contribution in [0.2, 0.25) is 0 Å². The first-order chi connectivity index (χ1) is 36.1. The van der Waals surface area contributed by atoms with Crippen molar-refractivity contribution in [2.45, 2.75) is 253 Å². The van der Waals surface area contributed by atoms with Gasteiger partial charge in [-0.1, -0.05) is 39.3 Å². The molecule has 10 rings (SSSR count). The zero-order valence-electron chi connectivity index (χ0n) is 45.6. The Hall–Kier alpha value is -1.63. The van der Waals surface area contributed by atoms with Crippen LogP contribution in [-0.2, 0) is 56.9 Å². The normalized spacial score (nSPS) is 55.1. The molecule has 23 nitrogen and oxygen atoms in total. The number of carbonyl (C=O) groups excluding carboxylic acids is 1. The van der Waals surface area contributed by atoms with Crippen LogP contribution in [0.15, 0.2) is 11.6 Å². The van der Waals surface area contributed by atoms with E-state index in [0.717, 1.165) is 38.5 Å². The molecule has 1 spiro atoms. The summed E-state index contributed by atoms with van der Waals surface area (Å²) in [5.74, 6) is -0.476. The number of methoxy groups -OCH3 is 1. The van der Waals surface area contributed by atoms with Crippen LogP contribution in [-0.4, -0.2) is 235 Å². The summed E-state index contributed by atoms with van der Waals surface area (Å²) >= 11 is 0. The molecule has 3 saturated carbocycles. The molecule has 6 saturated heterocycles. The Balaban J connectivity index is 0.817. The number of aliphatic hydroxyl groups is 11. The lowest BCUT2D eigenvalue weighted by Crippen LogP contribution is -2.67. The third-order valence-electron chi connectivity index (χ3n) is 21.0. The Morgan fingerprint density at radius 2 is 1.22 bits per heavy atom. The van der Waals surface area contributed by atoms with Crippen LogP contribution in [0.1, 0.15) is 107 Å². The van der Waals surface area contributed by atoms with E-state index in [1.807, 2.05) is 13.0 Å². The number of hydrogen-bond donors (Lipinski definition) is 11. The van der Waals surface area contributed by atoms with Gasteiger partial charge < -0.3 is 108 Å². The maximum Gasteiger partial charge on any atom is 0.316 e. The highest BCUT2D eigenvalue weighted by molar-refractivity contribution is 5.84. The highest BCUT2D eigenvalue weighted by Crippen LogP contribution is 2.76. The van der Waals surface area contributed by atoms with Crippen molar-refractivity contribution >= 4 is 5.97 Å². The maximum atomic E-state index is 14.6. The van der Waals surface area contributed by atoms with E-state index in [9.17, 15) is 61.0 Å². The monoisotopic (exact) mass is 1100 g/mol. The lowest BCUT2D eigenvalue weighted by atomic mass is 9.40. The Labute approximate surface area is 448 Å². The lowest BCUT2D eigenvalue weighted by Gasteiger charge is -2.64. The van der Waals surface area contributed by atoms with Gasteiger partial charge in [-0.05, 0) is 107 Å². The minimum absolute atomic E-state index is 0.0254. The zero-order chi connectivity index (χ0) is 55.9. The fraction of sp³-hybridized carbons (Fsp3) is 0.944. The van der Waals surface area contributed by atoms with Gasteiger partial charge in [0.05, 0.1) is 49.8 Å². The average Bonchev–Trinajstić information content (AvgIpc) is 4.20. The van der Waals surface area contributed by atoms with E-state index in [1.165, 1.54) is 19.6 Å². The second-order valence-corrected chi connectivity index (χ2v) is 25.9. The van der Waals surface area contributed by atoms with E-state index in [1.54, 1.807) is 0 Å². The first-order valence-corrected chi connectivity index (χ1v) is 27.9. The summed E-state index contributed by atoms with van der Waals surface area (Å²) in [6.07, 6.45) is -23.6. The van der Waals surface area contributed by atoms with Crippen molar-refractivity contribution in [1.82, 2.24) is 0 Å². The molecule has 9 fully saturated rings. The Kier molecular flexibility index (Phi) is 15.9. The molecule has 4 aliphatic carbocycles. The Bertz CT molecular complexity index is 2170. The molecule has 0 aromatic heterocycles. The minimum atomic E-state index is -1.91. The summed E-state index contributed by atoms with van der Waals surface area (Å²) in [6.45, 7) is 14.6. The molecule has 23 heteroatoms. The number of hydrogen-bond acceptors (Lipinski definition) is 23. The molecule has 10 aliphatic rings. The fourth-order valence-electron chi connectivity index (χ4n) is 16.7. The molecule has 0 aromatic rings. The highest BCUT2D eigenvalue weighted by atomic mass is 16.8. The molecule has 0 radical (unpaired) electrons. The van der Waals surface area contributed by atoms with Crippen molar-refractivity contribution < 1.29 is 113 Å². The third-order valence-corrected chi connectivity index (χ3v) is 21.0. The number of allylic oxidation sites excluding steroid dienone is 1. The van der Waals surface area contributed by atoms with E-state index in [0.29, 0.717) is 12.8 Å². The van der Waals surface area contributed by atoms with Gasteiger partial charge in [-0.25, -0.2) is 0 Å². The quantitative estimate of drug-likeness (QED) is 0.0621. The molecule has 11 N–H and O–H groups in total. The summed E-state index contributed by atoms with van der Waals surface area (Å²) in [4.78, 5) is 14.6. The van der Waals surface area contributed by atoms with Gasteiger partial charge in [0, 0.05) is 13.0 Å². The molecule has 6 aliphatic heterocycles. The number of ether oxygens (including phenoxy) is 11. The second kappa shape index (κ2) is 20.9. The van der Waals surface area contributed by atoms with Crippen molar-refractivity contribution in [3.8, 4) is 0 Å². The number of aliphatic hydroxyl groups excluding tert-OH is 11. The van der Waals surface area contributed by atoms with E-state index in [4.69, 9.17) is 52.1 Å². The number of carbonyl (C=O) groups is 1. The van der Waals surface area contributed by atoms with E-state index in [2.05, 4.69) is 41.5 Å². The van der Waals surface area contributed by atoms with Crippen LogP contribution in [0.5, 0.6) is 0 Å². The van der Waals surface area contributed by atoms with Crippen molar-refractivity contribution in [2.24, 2.45) is 39.4 Å². The average molecular weight is 1100 g/mol. The van der Waals surface area contributed by atoms with Gasteiger partial charge in [-0.3, -0.25) is 4.79 Å². The number of fused-ring (bicyclic) bond motifs is 4. The molecule has 0 aromatic carbocycles. The lowest BCUT2D eigenvalue weighted by molar-refractivity contribution is -0.389. The van der Waals surface area contributed by atoms with Crippen LogP contribution < -0.4 is 0 Å². The summed E-state index contributed by atoms with van der Waals surface area (Å²) in [5.41, 5.74) is -2.61. The van der Waals surface area contributed by atoms with Gasteiger partial charge in [-0.15, -0.1) is 0 Å². The second-order valence-electron chi connectivity index (χ2n) is 25.9. The first kappa shape index (κ1) is 58.6. The van der Waals surface area contributed by atoms with E-state index in [-0.39, 0.29) is 47.4 Å². The molecule has 440 valence electrons. The summed E-state index contributed by atoms with van der Waals surface area (Å²) in [6, 6.07) is 0. The zero-order valence-corrected chi connectivity index (χ0v) is 45.6. The van der Waals surface area contributed by atoms with Crippen LogP contribution in [0.3, 0.4) is 0 Å². The first-order valence-electron chi connectivity index (χ1n) is 27.9. The number of esters is 1. The Morgan fingerprint density at radius 1 is 0.610 bits per heavy atom. The molecule has 29 atom stereocenters. The van der Waals surface area contributed by atoms with Gasteiger partial charge >= 0.3 is 5.97 Å². The maximum absolute atomic E-state index is 14.6. The standard InChI is InChI=1S/C54H86O23/c1-22-40(73-46-39(65)42(35(61)27(20-56)71-46)74-45-38(64)41(67-9)34(60)26(19-55)70-45)36(62)37(63)44(69-22)75-43-33(59)25(57)21-68-47(43)72-31-14-16-51(6)24-18-30(58)54-29(53(8,77-48(54)66)32-13-15-49(2,3)76-32)12-17-52(54,7)23(24)10-11-28(51)50(31,4)5/h18,22-23,25-47,55-65H,10-17,19-21H2,1-9H3. The number of rotatable bonds is 12.